The predicted molar refractivity (Wildman–Crippen MR) is 139 cm³/mol. The highest BCUT2D eigenvalue weighted by Gasteiger charge is 2.48. The van der Waals surface area contributed by atoms with Crippen molar-refractivity contribution in [1.29, 1.82) is 0 Å². The Kier molecular flexibility index (Phi) is 5.63. The summed E-state index contributed by atoms with van der Waals surface area (Å²) < 4.78 is 17.8. The van der Waals surface area contributed by atoms with Crippen LogP contribution >= 0.6 is 0 Å². The molecule has 9 heteroatoms. The van der Waals surface area contributed by atoms with Gasteiger partial charge in [-0.05, 0) is 74.3 Å². The number of amides is 1. The Morgan fingerprint density at radius 1 is 1.24 bits per heavy atom. The average Bonchev–Trinajstić information content (AvgIpc) is 3.44. The van der Waals surface area contributed by atoms with Crippen molar-refractivity contribution in [1.82, 2.24) is 29.5 Å². The molecular formula is C28H32FN7O. The van der Waals surface area contributed by atoms with Crippen molar-refractivity contribution in [2.75, 3.05) is 5.32 Å². The molecule has 1 amide bonds. The Morgan fingerprint density at radius 2 is 2.05 bits per heavy atom. The molecule has 0 unspecified atom stereocenters. The van der Waals surface area contributed by atoms with E-state index < -0.39 is 5.95 Å². The third kappa shape index (κ3) is 4.11. The minimum absolute atomic E-state index is 0.100. The summed E-state index contributed by atoms with van der Waals surface area (Å²) in [6.07, 6.45) is 9.99. The van der Waals surface area contributed by atoms with Crippen LogP contribution in [0.4, 0.5) is 10.1 Å². The summed E-state index contributed by atoms with van der Waals surface area (Å²) >= 11 is 0. The van der Waals surface area contributed by atoms with Gasteiger partial charge in [0.25, 0.3) is 5.91 Å². The van der Waals surface area contributed by atoms with Crippen molar-refractivity contribution in [3.63, 3.8) is 0 Å². The molecule has 2 aliphatic carbocycles. The molecule has 192 valence electrons. The average molecular weight is 502 g/mol. The molecule has 6 rings (SSSR count). The first kappa shape index (κ1) is 23.8. The number of hydrogen-bond donors (Lipinski definition) is 2. The van der Waals surface area contributed by atoms with Gasteiger partial charge in [-0.2, -0.15) is 4.39 Å². The quantitative estimate of drug-likeness (QED) is 0.386. The number of nitrogens with zero attached hydrogens (tertiary/aromatic N) is 5. The molecule has 3 heterocycles. The Morgan fingerprint density at radius 3 is 2.73 bits per heavy atom. The van der Waals surface area contributed by atoms with Crippen molar-refractivity contribution in [2.24, 2.45) is 13.0 Å². The lowest BCUT2D eigenvalue weighted by Crippen LogP contribution is -2.47. The summed E-state index contributed by atoms with van der Waals surface area (Å²) in [5.74, 6) is 0.702. The van der Waals surface area contributed by atoms with Gasteiger partial charge in [0.1, 0.15) is 12.2 Å². The maximum absolute atomic E-state index is 14.5. The standard InChI is InChI=1S/C28H32FN7O/c1-18-12-28(13-18,26-34-32-17-35(26)3)20-6-4-7-21(11-20)33-25(37)22-10-19(14-31-27(2)8-5-9-27)16-36-23(29)15-30-24(22)36/h4,6-7,10-11,15-18,31H,5,8-9,12-14H2,1-3H3,(H,33,37). The van der Waals surface area contributed by atoms with Crippen LogP contribution in [-0.2, 0) is 19.0 Å². The predicted octanol–water partition coefficient (Wildman–Crippen LogP) is 4.60. The van der Waals surface area contributed by atoms with Crippen LogP contribution in [0.15, 0.2) is 49.1 Å². The molecule has 1 aromatic carbocycles. The maximum atomic E-state index is 14.5. The van der Waals surface area contributed by atoms with Gasteiger partial charge in [0, 0.05) is 31.0 Å². The van der Waals surface area contributed by atoms with E-state index in [2.05, 4.69) is 45.7 Å². The van der Waals surface area contributed by atoms with Crippen molar-refractivity contribution in [3.8, 4) is 0 Å². The number of benzene rings is 1. The summed E-state index contributed by atoms with van der Waals surface area (Å²) in [5.41, 5.74) is 3.13. The fourth-order valence-corrected chi connectivity index (χ4v) is 6.07. The highest BCUT2D eigenvalue weighted by molar-refractivity contribution is 6.08. The van der Waals surface area contributed by atoms with Crippen LogP contribution in [0, 0.1) is 11.9 Å². The van der Waals surface area contributed by atoms with Gasteiger partial charge in [0.15, 0.2) is 5.65 Å². The van der Waals surface area contributed by atoms with Crippen molar-refractivity contribution in [2.45, 2.75) is 63.5 Å². The normalized spacial score (nSPS) is 22.4. The van der Waals surface area contributed by atoms with E-state index in [1.54, 1.807) is 12.5 Å². The second-order valence-electron chi connectivity index (χ2n) is 11.2. The number of halogens is 1. The zero-order valence-corrected chi connectivity index (χ0v) is 21.5. The van der Waals surface area contributed by atoms with Gasteiger partial charge in [-0.15, -0.1) is 10.2 Å². The van der Waals surface area contributed by atoms with E-state index in [0.717, 1.165) is 48.8 Å². The Bertz CT molecular complexity index is 1480. The van der Waals surface area contributed by atoms with E-state index in [1.165, 1.54) is 10.8 Å². The molecule has 2 aliphatic rings. The van der Waals surface area contributed by atoms with Crippen LogP contribution < -0.4 is 10.6 Å². The summed E-state index contributed by atoms with van der Waals surface area (Å²) in [4.78, 5) is 17.7. The van der Waals surface area contributed by atoms with Gasteiger partial charge in [-0.3, -0.25) is 9.20 Å². The zero-order valence-electron chi connectivity index (χ0n) is 21.5. The lowest BCUT2D eigenvalue weighted by Gasteiger charge is -2.46. The van der Waals surface area contributed by atoms with Gasteiger partial charge in [0.05, 0.1) is 17.2 Å². The van der Waals surface area contributed by atoms with Crippen LogP contribution in [0.3, 0.4) is 0 Å². The summed E-state index contributed by atoms with van der Waals surface area (Å²) in [7, 11) is 1.97. The lowest BCUT2D eigenvalue weighted by atomic mass is 9.58. The van der Waals surface area contributed by atoms with Crippen LogP contribution in [0.1, 0.15) is 73.3 Å². The molecule has 37 heavy (non-hydrogen) atoms. The number of imidazole rings is 1. The first-order chi connectivity index (χ1) is 17.8. The van der Waals surface area contributed by atoms with Crippen molar-refractivity contribution < 1.29 is 9.18 Å². The summed E-state index contributed by atoms with van der Waals surface area (Å²) in [6.45, 7) is 4.99. The first-order valence-corrected chi connectivity index (χ1v) is 12.9. The number of carbonyl (C=O) groups excluding carboxylic acids is 1. The molecule has 0 spiro atoms. The summed E-state index contributed by atoms with van der Waals surface area (Å²) in [6, 6.07) is 9.75. The van der Waals surface area contributed by atoms with E-state index in [9.17, 15) is 9.18 Å². The minimum atomic E-state index is -0.493. The van der Waals surface area contributed by atoms with Crippen molar-refractivity contribution >= 4 is 17.2 Å². The fourth-order valence-electron chi connectivity index (χ4n) is 6.07. The Balaban J connectivity index is 1.29. The molecule has 0 bridgehead atoms. The minimum Gasteiger partial charge on any atom is -0.322 e. The number of anilines is 1. The molecular weight excluding hydrogens is 469 g/mol. The fraction of sp³-hybridized carbons (Fsp3) is 0.429. The van der Waals surface area contributed by atoms with Gasteiger partial charge >= 0.3 is 0 Å². The topological polar surface area (TPSA) is 89.1 Å². The highest BCUT2D eigenvalue weighted by Crippen LogP contribution is 2.51. The van der Waals surface area contributed by atoms with E-state index in [1.807, 2.05) is 35.9 Å². The van der Waals surface area contributed by atoms with E-state index in [4.69, 9.17) is 0 Å². The number of aromatic nitrogens is 5. The molecule has 2 N–H and O–H groups in total. The molecule has 0 saturated heterocycles. The molecule has 4 aromatic rings. The third-order valence-electron chi connectivity index (χ3n) is 8.24. The van der Waals surface area contributed by atoms with Crippen LogP contribution in [0.2, 0.25) is 0 Å². The number of fused-ring (bicyclic) bond motifs is 1. The monoisotopic (exact) mass is 501 g/mol. The molecule has 8 nitrogen and oxygen atoms in total. The van der Waals surface area contributed by atoms with Crippen molar-refractivity contribution in [3.05, 3.63) is 77.5 Å². The molecule has 2 fully saturated rings. The number of nitrogens with one attached hydrogen (secondary N) is 2. The van der Waals surface area contributed by atoms with Gasteiger partial charge < -0.3 is 15.2 Å². The lowest BCUT2D eigenvalue weighted by molar-refractivity contribution is 0.102. The number of hydrogen-bond acceptors (Lipinski definition) is 5. The molecule has 3 aromatic heterocycles. The maximum Gasteiger partial charge on any atom is 0.259 e. The third-order valence-corrected chi connectivity index (χ3v) is 8.24. The van der Waals surface area contributed by atoms with E-state index in [-0.39, 0.29) is 16.9 Å². The molecule has 0 radical (unpaired) electrons. The van der Waals surface area contributed by atoms with Gasteiger partial charge in [-0.1, -0.05) is 19.1 Å². The van der Waals surface area contributed by atoms with E-state index >= 15 is 0 Å². The number of rotatable bonds is 7. The molecule has 0 atom stereocenters. The number of carbonyl (C=O) groups is 1. The van der Waals surface area contributed by atoms with Crippen LogP contribution in [0.25, 0.3) is 5.65 Å². The smallest absolute Gasteiger partial charge is 0.259 e. The SMILES string of the molecule is CC1CC(c2cccc(NC(=O)c3cc(CNC4(C)CCC4)cn4c(F)cnc34)c2)(c2nncn2C)C1. The largest absolute Gasteiger partial charge is 0.322 e. The molecule has 2 saturated carbocycles. The van der Waals surface area contributed by atoms with E-state index in [0.29, 0.717) is 29.4 Å². The number of pyridine rings is 1. The Hall–Kier alpha value is -3.59. The summed E-state index contributed by atoms with van der Waals surface area (Å²) in [5, 5.41) is 15.1. The number of aryl methyl sites for hydroxylation is 1. The molecule has 0 aliphatic heterocycles. The first-order valence-electron chi connectivity index (χ1n) is 12.9. The second-order valence-corrected chi connectivity index (χ2v) is 11.2. The van der Waals surface area contributed by atoms with Crippen LogP contribution in [0.5, 0.6) is 0 Å². The zero-order chi connectivity index (χ0) is 25.8. The Labute approximate surface area is 215 Å². The van der Waals surface area contributed by atoms with Crippen LogP contribution in [-0.4, -0.2) is 35.6 Å². The highest BCUT2D eigenvalue weighted by atomic mass is 19.1. The van der Waals surface area contributed by atoms with Gasteiger partial charge in [-0.25, -0.2) is 4.98 Å². The van der Waals surface area contributed by atoms with Gasteiger partial charge in [0.2, 0.25) is 5.95 Å². The second kappa shape index (κ2) is 8.76.